The second kappa shape index (κ2) is 10.4. The molecule has 0 saturated heterocycles. The lowest BCUT2D eigenvalue weighted by Gasteiger charge is -2.24. The van der Waals surface area contributed by atoms with Gasteiger partial charge in [-0.3, -0.25) is 0 Å². The zero-order valence-electron chi connectivity index (χ0n) is 24.4. The number of allylic oxidation sites excluding steroid dienone is 2. The van der Waals surface area contributed by atoms with Crippen molar-refractivity contribution in [3.63, 3.8) is 0 Å². The van der Waals surface area contributed by atoms with E-state index in [1.165, 1.54) is 38.5 Å². The van der Waals surface area contributed by atoms with Gasteiger partial charge in [0.25, 0.3) is 0 Å². The molecule has 45 heavy (non-hydrogen) atoms. The first kappa shape index (κ1) is 25.5. The molecule has 0 aromatic heterocycles. The third kappa shape index (κ3) is 4.32. The number of amidine groups is 2. The molecule has 5 nitrogen and oxygen atoms in total. The average Bonchev–Trinajstić information content (AvgIpc) is 3.52. The summed E-state index contributed by atoms with van der Waals surface area (Å²) in [5.74, 6) is 1.54. The van der Waals surface area contributed by atoms with Crippen LogP contribution in [0.1, 0.15) is 22.9 Å². The lowest BCUT2D eigenvalue weighted by molar-refractivity contribution is 0.674. The predicted molar refractivity (Wildman–Crippen MR) is 187 cm³/mol. The highest BCUT2D eigenvalue weighted by Gasteiger charge is 2.30. The summed E-state index contributed by atoms with van der Waals surface area (Å²) in [6, 6.07) is 44.8. The van der Waals surface area contributed by atoms with Gasteiger partial charge in [0.15, 0.2) is 5.84 Å². The molecule has 2 N–H and O–H groups in total. The van der Waals surface area contributed by atoms with Gasteiger partial charge in [-0.15, -0.1) is 0 Å². The zero-order valence-corrected chi connectivity index (χ0v) is 24.4. The molecule has 3 aliphatic rings. The molecule has 0 radical (unpaired) electrons. The van der Waals surface area contributed by atoms with Crippen molar-refractivity contribution in [1.29, 1.82) is 0 Å². The second-order valence-electron chi connectivity index (χ2n) is 11.6. The number of nitrogens with one attached hydrogen (secondary N) is 2. The molecule has 0 bridgehead atoms. The van der Waals surface area contributed by atoms with E-state index in [0.29, 0.717) is 0 Å². The van der Waals surface area contributed by atoms with Crippen molar-refractivity contribution in [2.45, 2.75) is 12.3 Å². The number of nitrogens with zero attached hydrogens (tertiary/aromatic N) is 3. The minimum Gasteiger partial charge on any atom is -0.359 e. The van der Waals surface area contributed by atoms with Crippen molar-refractivity contribution < 1.29 is 0 Å². The summed E-state index contributed by atoms with van der Waals surface area (Å²) in [4.78, 5) is 12.4. The molecule has 2 atom stereocenters. The summed E-state index contributed by atoms with van der Waals surface area (Å²) in [6.45, 7) is 0. The number of aliphatic imine (C=N–C) groups is 2. The van der Waals surface area contributed by atoms with Gasteiger partial charge in [-0.2, -0.15) is 0 Å². The van der Waals surface area contributed by atoms with Crippen LogP contribution in [0.2, 0.25) is 0 Å². The van der Waals surface area contributed by atoms with Crippen LogP contribution in [0.5, 0.6) is 0 Å². The standard InChI is InChI=1S/C40H29N5/c1-3-12-26(13-4-1)38-42-39(27-14-5-2-6-15-27)44-40(43-38)30-17-11-16-28(24-30)29-21-22-33-34(25-29)31-18-7-8-19-32(31)36-37(33)45-23-10-9-20-35(45)41-36/h1-25,35,38,41H,(H,42,43,44). The van der Waals surface area contributed by atoms with E-state index < -0.39 is 0 Å². The Balaban J connectivity index is 1.15. The highest BCUT2D eigenvalue weighted by atomic mass is 15.3. The molecular formula is C40H29N5. The number of rotatable bonds is 4. The molecule has 0 fully saturated rings. The fraction of sp³-hybridized carbons (Fsp3) is 0.0500. The van der Waals surface area contributed by atoms with Gasteiger partial charge >= 0.3 is 0 Å². The van der Waals surface area contributed by atoms with Crippen molar-refractivity contribution >= 4 is 44.6 Å². The molecule has 2 unspecified atom stereocenters. The number of benzene rings is 6. The van der Waals surface area contributed by atoms with Gasteiger partial charge < -0.3 is 15.5 Å². The summed E-state index contributed by atoms with van der Waals surface area (Å²) >= 11 is 0. The van der Waals surface area contributed by atoms with Gasteiger partial charge in [-0.1, -0.05) is 121 Å². The van der Waals surface area contributed by atoms with Gasteiger partial charge in [0, 0.05) is 28.1 Å². The Morgan fingerprint density at radius 3 is 2.16 bits per heavy atom. The summed E-state index contributed by atoms with van der Waals surface area (Å²) in [6.07, 6.45) is 8.48. The van der Waals surface area contributed by atoms with Crippen LogP contribution in [0, 0.1) is 0 Å². The Morgan fingerprint density at radius 2 is 1.29 bits per heavy atom. The largest absolute Gasteiger partial charge is 0.359 e. The van der Waals surface area contributed by atoms with Crippen molar-refractivity contribution in [2.24, 2.45) is 9.98 Å². The van der Waals surface area contributed by atoms with Crippen LogP contribution in [-0.4, -0.2) is 17.8 Å². The maximum atomic E-state index is 5.03. The highest BCUT2D eigenvalue weighted by Crippen LogP contribution is 2.48. The monoisotopic (exact) mass is 579 g/mol. The van der Waals surface area contributed by atoms with Crippen LogP contribution in [0.3, 0.4) is 0 Å². The first-order chi connectivity index (χ1) is 22.3. The average molecular weight is 580 g/mol. The predicted octanol–water partition coefficient (Wildman–Crippen LogP) is 8.80. The fourth-order valence-electron chi connectivity index (χ4n) is 6.71. The smallest absolute Gasteiger partial charge is 0.159 e. The molecule has 5 heteroatoms. The topological polar surface area (TPSA) is 52.0 Å². The van der Waals surface area contributed by atoms with Gasteiger partial charge in [0.2, 0.25) is 0 Å². The van der Waals surface area contributed by atoms with E-state index in [1.807, 2.05) is 36.4 Å². The molecule has 3 aliphatic heterocycles. The normalized spacial score (nSPS) is 18.2. The Bertz CT molecular complexity index is 2230. The van der Waals surface area contributed by atoms with Crippen molar-refractivity contribution in [2.75, 3.05) is 10.2 Å². The van der Waals surface area contributed by atoms with Gasteiger partial charge in [-0.05, 0) is 51.7 Å². The molecule has 0 amide bonds. The molecule has 6 aromatic rings. The number of fused-ring (bicyclic) bond motifs is 8. The quantitative estimate of drug-likeness (QED) is 0.205. The molecule has 3 heterocycles. The summed E-state index contributed by atoms with van der Waals surface area (Å²) in [5.41, 5.74) is 7.85. The summed E-state index contributed by atoms with van der Waals surface area (Å²) < 4.78 is 0. The Morgan fingerprint density at radius 1 is 0.556 bits per heavy atom. The fourth-order valence-corrected chi connectivity index (χ4v) is 6.71. The van der Waals surface area contributed by atoms with Gasteiger partial charge in [0.05, 0.1) is 11.4 Å². The van der Waals surface area contributed by atoms with E-state index >= 15 is 0 Å². The number of anilines is 2. The SMILES string of the molecule is C1=CC2Nc3c(c4ccc(-c5cccc(C6=NC(c7ccccc7)=NC(c7ccccc7)N6)c5)cc4c4ccccc34)N2C=C1. The first-order valence-electron chi connectivity index (χ1n) is 15.3. The zero-order chi connectivity index (χ0) is 29.7. The third-order valence-electron chi connectivity index (χ3n) is 8.86. The van der Waals surface area contributed by atoms with E-state index in [4.69, 9.17) is 9.98 Å². The van der Waals surface area contributed by atoms with Crippen molar-refractivity contribution in [3.8, 4) is 11.1 Å². The van der Waals surface area contributed by atoms with Crippen LogP contribution in [0.4, 0.5) is 11.4 Å². The highest BCUT2D eigenvalue weighted by molar-refractivity contribution is 6.22. The molecule has 0 saturated carbocycles. The van der Waals surface area contributed by atoms with E-state index in [2.05, 4.69) is 131 Å². The van der Waals surface area contributed by atoms with Gasteiger partial charge in [0.1, 0.15) is 18.2 Å². The molecule has 6 aromatic carbocycles. The summed E-state index contributed by atoms with van der Waals surface area (Å²) in [7, 11) is 0. The lowest BCUT2D eigenvalue weighted by atomic mass is 9.94. The van der Waals surface area contributed by atoms with Gasteiger partial charge in [-0.25, -0.2) is 9.98 Å². The van der Waals surface area contributed by atoms with Crippen LogP contribution >= 0.6 is 0 Å². The lowest BCUT2D eigenvalue weighted by Crippen LogP contribution is -2.33. The number of hydrogen-bond donors (Lipinski definition) is 2. The maximum absolute atomic E-state index is 5.03. The van der Waals surface area contributed by atoms with E-state index in [1.54, 1.807) is 0 Å². The number of hydrogen-bond acceptors (Lipinski definition) is 5. The minimum atomic E-state index is -0.234. The van der Waals surface area contributed by atoms with E-state index in [-0.39, 0.29) is 12.3 Å². The first-order valence-corrected chi connectivity index (χ1v) is 15.3. The molecule has 0 spiro atoms. The Hall–Kier alpha value is -5.94. The van der Waals surface area contributed by atoms with Crippen molar-refractivity contribution in [1.82, 2.24) is 5.32 Å². The Kier molecular flexibility index (Phi) is 5.88. The van der Waals surface area contributed by atoms with E-state index in [0.717, 1.165) is 33.9 Å². The van der Waals surface area contributed by atoms with Crippen LogP contribution in [0.25, 0.3) is 32.7 Å². The minimum absolute atomic E-state index is 0.128. The van der Waals surface area contributed by atoms with Crippen LogP contribution in [0.15, 0.2) is 162 Å². The Labute approximate surface area is 261 Å². The third-order valence-corrected chi connectivity index (χ3v) is 8.86. The summed E-state index contributed by atoms with van der Waals surface area (Å²) in [5, 5.41) is 12.3. The second-order valence-corrected chi connectivity index (χ2v) is 11.6. The molecule has 9 rings (SSSR count). The molecule has 0 aliphatic carbocycles. The molecule has 214 valence electrons. The van der Waals surface area contributed by atoms with Crippen molar-refractivity contribution in [3.05, 3.63) is 169 Å². The van der Waals surface area contributed by atoms with E-state index in [9.17, 15) is 0 Å². The molecular weight excluding hydrogens is 550 g/mol. The maximum Gasteiger partial charge on any atom is 0.159 e. The van der Waals surface area contributed by atoms with Crippen LogP contribution in [-0.2, 0) is 0 Å². The van der Waals surface area contributed by atoms with Crippen LogP contribution < -0.4 is 15.5 Å².